The van der Waals surface area contributed by atoms with Gasteiger partial charge in [-0.05, 0) is 36.8 Å². The Kier molecular flexibility index (Phi) is 4.77. The van der Waals surface area contributed by atoms with Gasteiger partial charge in [0.1, 0.15) is 5.69 Å². The zero-order chi connectivity index (χ0) is 15.2. The molecule has 0 bridgehead atoms. The van der Waals surface area contributed by atoms with Crippen LogP contribution >= 0.6 is 0 Å². The van der Waals surface area contributed by atoms with Crippen molar-refractivity contribution in [2.45, 2.75) is 20.0 Å². The summed E-state index contributed by atoms with van der Waals surface area (Å²) in [5.74, 6) is -0.358. The van der Waals surface area contributed by atoms with Gasteiger partial charge in [0.2, 0.25) is 0 Å². The summed E-state index contributed by atoms with van der Waals surface area (Å²) in [5, 5.41) is 3.12. The van der Waals surface area contributed by atoms with E-state index in [9.17, 15) is 9.59 Å². The van der Waals surface area contributed by atoms with E-state index < -0.39 is 0 Å². The van der Waals surface area contributed by atoms with Crippen LogP contribution in [0.3, 0.4) is 0 Å². The van der Waals surface area contributed by atoms with Crippen LogP contribution in [0.4, 0.5) is 5.69 Å². The molecule has 2 aromatic rings. The zero-order valence-corrected chi connectivity index (χ0v) is 12.1. The number of anilines is 1. The smallest absolute Gasteiger partial charge is 0.337 e. The number of pyridine rings is 1. The number of carbonyl (C=O) groups is 1. The van der Waals surface area contributed by atoms with E-state index in [2.05, 4.69) is 10.1 Å². The van der Waals surface area contributed by atoms with Crippen molar-refractivity contribution in [3.05, 3.63) is 64.1 Å². The number of hydrogen-bond acceptors (Lipinski definition) is 4. The highest BCUT2D eigenvalue weighted by Gasteiger charge is 2.05. The van der Waals surface area contributed by atoms with Crippen LogP contribution in [0.25, 0.3) is 0 Å². The van der Waals surface area contributed by atoms with Gasteiger partial charge in [0.15, 0.2) is 0 Å². The topological polar surface area (TPSA) is 60.3 Å². The van der Waals surface area contributed by atoms with Gasteiger partial charge in [-0.2, -0.15) is 0 Å². The average molecular weight is 286 g/mol. The molecule has 0 unspecified atom stereocenters. The van der Waals surface area contributed by atoms with Gasteiger partial charge in [-0.25, -0.2) is 4.79 Å². The van der Waals surface area contributed by atoms with E-state index in [1.54, 1.807) is 29.0 Å². The normalized spacial score (nSPS) is 10.2. The van der Waals surface area contributed by atoms with E-state index >= 15 is 0 Å². The average Bonchev–Trinajstić information content (AvgIpc) is 2.53. The minimum absolute atomic E-state index is 0.0359. The first-order valence-corrected chi connectivity index (χ1v) is 6.76. The monoisotopic (exact) mass is 286 g/mol. The van der Waals surface area contributed by atoms with Crippen LogP contribution in [0.15, 0.2) is 47.4 Å². The molecule has 110 valence electrons. The Balaban J connectivity index is 2.07. The maximum absolute atomic E-state index is 12.0. The van der Waals surface area contributed by atoms with Crippen molar-refractivity contribution < 1.29 is 9.53 Å². The van der Waals surface area contributed by atoms with Crippen molar-refractivity contribution in [2.24, 2.45) is 0 Å². The largest absolute Gasteiger partial charge is 0.465 e. The summed E-state index contributed by atoms with van der Waals surface area (Å²) in [6.45, 7) is 3.09. The van der Waals surface area contributed by atoms with E-state index in [-0.39, 0.29) is 11.5 Å². The Morgan fingerprint density at radius 3 is 2.57 bits per heavy atom. The Labute approximate surface area is 123 Å². The third-order valence-corrected chi connectivity index (χ3v) is 3.22. The molecule has 0 atom stereocenters. The number of carbonyl (C=O) groups excluding carboxylic acids is 1. The van der Waals surface area contributed by atoms with Crippen molar-refractivity contribution >= 4 is 11.7 Å². The quantitative estimate of drug-likeness (QED) is 0.857. The molecule has 2 rings (SSSR count). The second-order valence-electron chi connectivity index (χ2n) is 4.56. The molecule has 1 aromatic heterocycles. The number of aromatic nitrogens is 1. The number of ether oxygens (including phenoxy) is 1. The third-order valence-electron chi connectivity index (χ3n) is 3.22. The second-order valence-corrected chi connectivity index (χ2v) is 4.56. The lowest BCUT2D eigenvalue weighted by Crippen LogP contribution is -2.21. The van der Waals surface area contributed by atoms with Crippen LogP contribution in [0.5, 0.6) is 0 Å². The lowest BCUT2D eigenvalue weighted by atomic mass is 10.1. The van der Waals surface area contributed by atoms with E-state index in [1.165, 1.54) is 7.11 Å². The minimum Gasteiger partial charge on any atom is -0.465 e. The predicted molar refractivity (Wildman–Crippen MR) is 81.5 cm³/mol. The van der Waals surface area contributed by atoms with Gasteiger partial charge in [-0.3, -0.25) is 4.79 Å². The fourth-order valence-corrected chi connectivity index (χ4v) is 1.99. The minimum atomic E-state index is -0.358. The molecule has 0 aliphatic heterocycles. The molecular formula is C16H18N2O3. The molecule has 1 aromatic carbocycles. The van der Waals surface area contributed by atoms with Crippen molar-refractivity contribution in [3.63, 3.8) is 0 Å². The van der Waals surface area contributed by atoms with E-state index in [1.807, 2.05) is 25.1 Å². The molecule has 0 spiro atoms. The molecular weight excluding hydrogens is 268 g/mol. The Morgan fingerprint density at radius 1 is 1.24 bits per heavy atom. The number of nitrogens with one attached hydrogen (secondary N) is 1. The summed E-state index contributed by atoms with van der Waals surface area (Å²) in [6.07, 6.45) is 1.76. The lowest BCUT2D eigenvalue weighted by Gasteiger charge is -2.09. The van der Waals surface area contributed by atoms with Gasteiger partial charge in [0, 0.05) is 19.3 Å². The Hall–Kier alpha value is -2.56. The van der Waals surface area contributed by atoms with Crippen LogP contribution in [0.1, 0.15) is 22.8 Å². The molecule has 0 saturated heterocycles. The van der Waals surface area contributed by atoms with E-state index in [0.29, 0.717) is 24.3 Å². The highest BCUT2D eigenvalue weighted by Crippen LogP contribution is 2.08. The molecule has 1 N–H and O–H groups in total. The molecule has 0 amide bonds. The van der Waals surface area contributed by atoms with Crippen molar-refractivity contribution in [1.29, 1.82) is 0 Å². The first-order chi connectivity index (χ1) is 10.2. The molecule has 1 heterocycles. The highest BCUT2D eigenvalue weighted by atomic mass is 16.5. The van der Waals surface area contributed by atoms with E-state index in [4.69, 9.17) is 0 Å². The molecule has 21 heavy (non-hydrogen) atoms. The predicted octanol–water partition coefficient (Wildman–Crippen LogP) is 2.27. The molecule has 0 radical (unpaired) electrons. The van der Waals surface area contributed by atoms with Crippen LogP contribution in [0, 0.1) is 0 Å². The summed E-state index contributed by atoms with van der Waals surface area (Å²) in [6, 6.07) is 10.7. The number of esters is 1. The summed E-state index contributed by atoms with van der Waals surface area (Å²) >= 11 is 0. The lowest BCUT2D eigenvalue weighted by molar-refractivity contribution is 0.0600. The van der Waals surface area contributed by atoms with Gasteiger partial charge in [-0.1, -0.05) is 12.1 Å². The van der Waals surface area contributed by atoms with Crippen molar-refractivity contribution in [2.75, 3.05) is 12.4 Å². The molecule has 0 aliphatic carbocycles. The van der Waals surface area contributed by atoms with Gasteiger partial charge in [0.05, 0.1) is 12.7 Å². The van der Waals surface area contributed by atoms with Crippen molar-refractivity contribution in [3.8, 4) is 0 Å². The zero-order valence-electron chi connectivity index (χ0n) is 12.1. The standard InChI is InChI=1S/C16H18N2O3/c1-3-18-10-4-5-14(15(18)19)17-11-12-6-8-13(9-7-12)16(20)21-2/h4-10,17H,3,11H2,1-2H3. The second kappa shape index (κ2) is 6.74. The number of rotatable bonds is 5. The summed E-state index contributed by atoms with van der Waals surface area (Å²) in [4.78, 5) is 23.4. The van der Waals surface area contributed by atoms with Crippen LogP contribution in [0.2, 0.25) is 0 Å². The number of benzene rings is 1. The molecule has 0 aliphatic rings. The molecule has 0 saturated carbocycles. The highest BCUT2D eigenvalue weighted by molar-refractivity contribution is 5.89. The molecule has 5 nitrogen and oxygen atoms in total. The number of hydrogen-bond donors (Lipinski definition) is 1. The van der Waals surface area contributed by atoms with Gasteiger partial charge >= 0.3 is 5.97 Å². The fraction of sp³-hybridized carbons (Fsp3) is 0.250. The first kappa shape index (κ1) is 14.8. The van der Waals surface area contributed by atoms with Crippen LogP contribution in [-0.4, -0.2) is 17.6 Å². The fourth-order valence-electron chi connectivity index (χ4n) is 1.99. The summed E-state index contributed by atoms with van der Waals surface area (Å²) < 4.78 is 6.29. The maximum Gasteiger partial charge on any atom is 0.337 e. The number of aryl methyl sites for hydroxylation is 1. The molecule has 0 fully saturated rings. The maximum atomic E-state index is 12.0. The summed E-state index contributed by atoms with van der Waals surface area (Å²) in [7, 11) is 1.35. The van der Waals surface area contributed by atoms with Gasteiger partial charge in [-0.15, -0.1) is 0 Å². The van der Waals surface area contributed by atoms with Gasteiger partial charge < -0.3 is 14.6 Å². The Morgan fingerprint density at radius 2 is 1.95 bits per heavy atom. The number of nitrogens with zero attached hydrogens (tertiary/aromatic N) is 1. The van der Waals surface area contributed by atoms with E-state index in [0.717, 1.165) is 5.56 Å². The van der Waals surface area contributed by atoms with Crippen LogP contribution < -0.4 is 10.9 Å². The molecule has 5 heteroatoms. The third kappa shape index (κ3) is 3.51. The number of methoxy groups -OCH3 is 1. The SMILES string of the molecule is CCn1cccc(NCc2ccc(C(=O)OC)cc2)c1=O. The first-order valence-electron chi connectivity index (χ1n) is 6.76. The Bertz CT molecular complexity index is 675. The van der Waals surface area contributed by atoms with Gasteiger partial charge in [0.25, 0.3) is 5.56 Å². The van der Waals surface area contributed by atoms with Crippen LogP contribution in [-0.2, 0) is 17.8 Å². The summed E-state index contributed by atoms with van der Waals surface area (Å²) in [5.41, 5.74) is 2.02. The van der Waals surface area contributed by atoms with Crippen molar-refractivity contribution in [1.82, 2.24) is 4.57 Å².